The molecule has 3 nitrogen and oxygen atoms in total. The van der Waals surface area contributed by atoms with Crippen LogP contribution in [-0.4, -0.2) is 25.2 Å². The Morgan fingerprint density at radius 3 is 2.21 bits per heavy atom. The minimum atomic E-state index is 0.0906. The third-order valence-electron chi connectivity index (χ3n) is 2.09. The van der Waals surface area contributed by atoms with Crippen molar-refractivity contribution in [2.24, 2.45) is 5.92 Å². The van der Waals surface area contributed by atoms with Crippen LogP contribution in [0.2, 0.25) is 0 Å². The van der Waals surface area contributed by atoms with E-state index in [1.54, 1.807) is 0 Å². The van der Waals surface area contributed by atoms with Crippen molar-refractivity contribution >= 4 is 5.91 Å². The first kappa shape index (κ1) is 13.4. The summed E-state index contributed by atoms with van der Waals surface area (Å²) in [6.45, 7) is 9.38. The molecule has 0 aromatic rings. The quantitative estimate of drug-likeness (QED) is 0.741. The molecule has 1 aliphatic heterocycles. The van der Waals surface area contributed by atoms with E-state index in [0.29, 0.717) is 6.04 Å². The lowest BCUT2D eigenvalue weighted by Gasteiger charge is -2.23. The van der Waals surface area contributed by atoms with Crippen LogP contribution in [0.5, 0.6) is 0 Å². The van der Waals surface area contributed by atoms with Gasteiger partial charge in [-0.05, 0) is 12.8 Å². The monoisotopic (exact) mass is 201 g/mol. The Hall–Kier alpha value is -0.570. The average molecular weight is 201 g/mol. The minimum Gasteiger partial charge on any atom is -0.381 e. The van der Waals surface area contributed by atoms with Crippen LogP contribution in [0.25, 0.3) is 0 Å². The number of carbonyl (C=O) groups is 1. The number of hydrogen-bond acceptors (Lipinski definition) is 2. The molecule has 1 N–H and O–H groups in total. The van der Waals surface area contributed by atoms with E-state index in [1.165, 1.54) is 0 Å². The van der Waals surface area contributed by atoms with Gasteiger partial charge in [0.1, 0.15) is 0 Å². The summed E-state index contributed by atoms with van der Waals surface area (Å²) in [6, 6.07) is 0.341. The summed E-state index contributed by atoms with van der Waals surface area (Å²) < 4.78 is 5.19. The van der Waals surface area contributed by atoms with Crippen LogP contribution in [0, 0.1) is 5.92 Å². The highest BCUT2D eigenvalue weighted by atomic mass is 16.5. The second-order valence-corrected chi connectivity index (χ2v) is 3.55. The lowest BCUT2D eigenvalue weighted by atomic mass is 10.1. The third kappa shape index (κ3) is 5.22. The van der Waals surface area contributed by atoms with Gasteiger partial charge in [-0.1, -0.05) is 27.7 Å². The lowest BCUT2D eigenvalue weighted by Crippen LogP contribution is -2.40. The molecule has 0 aromatic heterocycles. The summed E-state index contributed by atoms with van der Waals surface area (Å²) >= 11 is 0. The van der Waals surface area contributed by atoms with Gasteiger partial charge in [0.25, 0.3) is 0 Å². The van der Waals surface area contributed by atoms with E-state index < -0.39 is 0 Å². The summed E-state index contributed by atoms with van der Waals surface area (Å²) in [7, 11) is 0. The SMILES string of the molecule is CC.CC(C)C(=O)NC1CCOCC1. The fraction of sp³-hybridized carbons (Fsp3) is 0.909. The van der Waals surface area contributed by atoms with Crippen molar-refractivity contribution in [3.63, 3.8) is 0 Å². The van der Waals surface area contributed by atoms with E-state index in [1.807, 2.05) is 27.7 Å². The maximum absolute atomic E-state index is 11.3. The number of ether oxygens (including phenoxy) is 1. The smallest absolute Gasteiger partial charge is 0.222 e. The predicted octanol–water partition coefficient (Wildman–Crippen LogP) is 1.96. The Bertz CT molecular complexity index is 151. The Kier molecular flexibility index (Phi) is 7.48. The van der Waals surface area contributed by atoms with Crippen LogP contribution >= 0.6 is 0 Å². The molecule has 1 saturated heterocycles. The van der Waals surface area contributed by atoms with E-state index in [-0.39, 0.29) is 11.8 Å². The van der Waals surface area contributed by atoms with Gasteiger partial charge in [0, 0.05) is 25.2 Å². The Balaban J connectivity index is 0.000000791. The van der Waals surface area contributed by atoms with Gasteiger partial charge in [-0.25, -0.2) is 0 Å². The molecule has 0 atom stereocenters. The Morgan fingerprint density at radius 1 is 1.29 bits per heavy atom. The van der Waals surface area contributed by atoms with Crippen LogP contribution in [0.15, 0.2) is 0 Å². The van der Waals surface area contributed by atoms with Crippen molar-refractivity contribution < 1.29 is 9.53 Å². The van der Waals surface area contributed by atoms with Crippen molar-refractivity contribution in [3.8, 4) is 0 Å². The second-order valence-electron chi connectivity index (χ2n) is 3.55. The maximum Gasteiger partial charge on any atom is 0.222 e. The standard InChI is InChI=1S/C9H17NO2.C2H6/c1-7(2)9(11)10-8-3-5-12-6-4-8;1-2/h7-8H,3-6H2,1-2H3,(H,10,11);1-2H3. The molecule has 3 heteroatoms. The minimum absolute atomic E-state index is 0.0906. The highest BCUT2D eigenvalue weighted by Crippen LogP contribution is 2.06. The fourth-order valence-corrected chi connectivity index (χ4v) is 1.21. The summed E-state index contributed by atoms with van der Waals surface area (Å²) in [5.41, 5.74) is 0. The molecule has 1 rings (SSSR count). The van der Waals surface area contributed by atoms with Gasteiger partial charge in [0.05, 0.1) is 0 Å². The van der Waals surface area contributed by atoms with Gasteiger partial charge in [-0.3, -0.25) is 4.79 Å². The summed E-state index contributed by atoms with van der Waals surface area (Å²) in [5, 5.41) is 3.00. The summed E-state index contributed by atoms with van der Waals surface area (Å²) in [5.74, 6) is 0.245. The molecule has 1 heterocycles. The first-order valence-corrected chi connectivity index (χ1v) is 5.58. The third-order valence-corrected chi connectivity index (χ3v) is 2.09. The number of nitrogens with one attached hydrogen (secondary N) is 1. The van der Waals surface area contributed by atoms with E-state index >= 15 is 0 Å². The van der Waals surface area contributed by atoms with Crippen molar-refractivity contribution in [1.82, 2.24) is 5.32 Å². The summed E-state index contributed by atoms with van der Waals surface area (Å²) in [6.07, 6.45) is 1.91. The highest BCUT2D eigenvalue weighted by Gasteiger charge is 2.17. The molecule has 1 amide bonds. The Labute approximate surface area is 87.2 Å². The van der Waals surface area contributed by atoms with Crippen LogP contribution < -0.4 is 5.32 Å². The van der Waals surface area contributed by atoms with Crippen LogP contribution in [-0.2, 0) is 9.53 Å². The van der Waals surface area contributed by atoms with Crippen LogP contribution in [0.3, 0.4) is 0 Å². The van der Waals surface area contributed by atoms with E-state index in [9.17, 15) is 4.79 Å². The van der Waals surface area contributed by atoms with Gasteiger partial charge in [-0.15, -0.1) is 0 Å². The van der Waals surface area contributed by atoms with Gasteiger partial charge < -0.3 is 10.1 Å². The molecule has 84 valence electrons. The zero-order valence-corrected chi connectivity index (χ0v) is 9.80. The van der Waals surface area contributed by atoms with Gasteiger partial charge in [0.15, 0.2) is 0 Å². The van der Waals surface area contributed by atoms with Gasteiger partial charge >= 0.3 is 0 Å². The van der Waals surface area contributed by atoms with Crippen molar-refractivity contribution in [1.29, 1.82) is 0 Å². The normalized spacial score (nSPS) is 17.2. The number of rotatable bonds is 2. The van der Waals surface area contributed by atoms with Crippen LogP contribution in [0.4, 0.5) is 0 Å². The number of amides is 1. The first-order valence-electron chi connectivity index (χ1n) is 5.58. The number of carbonyl (C=O) groups excluding carboxylic acids is 1. The predicted molar refractivity (Wildman–Crippen MR) is 58.2 cm³/mol. The largest absolute Gasteiger partial charge is 0.381 e. The molecule has 0 unspecified atom stereocenters. The first-order chi connectivity index (χ1) is 6.70. The van der Waals surface area contributed by atoms with Crippen LogP contribution in [0.1, 0.15) is 40.5 Å². The average Bonchev–Trinajstić information content (AvgIpc) is 2.22. The lowest BCUT2D eigenvalue weighted by molar-refractivity contribution is -0.125. The maximum atomic E-state index is 11.3. The zero-order chi connectivity index (χ0) is 11.0. The van der Waals surface area contributed by atoms with Crippen molar-refractivity contribution in [2.45, 2.75) is 46.6 Å². The van der Waals surface area contributed by atoms with E-state index in [2.05, 4.69) is 5.32 Å². The molecule has 0 spiro atoms. The molecular weight excluding hydrogens is 178 g/mol. The molecule has 0 aliphatic carbocycles. The second kappa shape index (κ2) is 7.80. The molecular formula is C11H23NO2. The summed E-state index contributed by atoms with van der Waals surface area (Å²) in [4.78, 5) is 11.3. The van der Waals surface area contributed by atoms with Crippen molar-refractivity contribution in [3.05, 3.63) is 0 Å². The fourth-order valence-electron chi connectivity index (χ4n) is 1.21. The van der Waals surface area contributed by atoms with Gasteiger partial charge in [-0.2, -0.15) is 0 Å². The molecule has 1 aliphatic rings. The van der Waals surface area contributed by atoms with Gasteiger partial charge in [0.2, 0.25) is 5.91 Å². The Morgan fingerprint density at radius 2 is 1.79 bits per heavy atom. The van der Waals surface area contributed by atoms with E-state index in [0.717, 1.165) is 26.1 Å². The molecule has 1 fully saturated rings. The van der Waals surface area contributed by atoms with Crippen molar-refractivity contribution in [2.75, 3.05) is 13.2 Å². The highest BCUT2D eigenvalue weighted by molar-refractivity contribution is 5.78. The molecule has 0 bridgehead atoms. The topological polar surface area (TPSA) is 38.3 Å². The number of hydrogen-bond donors (Lipinski definition) is 1. The molecule has 0 radical (unpaired) electrons. The zero-order valence-electron chi connectivity index (χ0n) is 9.80. The van der Waals surface area contributed by atoms with E-state index in [4.69, 9.17) is 4.74 Å². The molecule has 14 heavy (non-hydrogen) atoms. The molecule has 0 saturated carbocycles. The molecule has 0 aromatic carbocycles.